The summed E-state index contributed by atoms with van der Waals surface area (Å²) in [6.07, 6.45) is 4.39. The average molecular weight is 287 g/mol. The number of thiophene rings is 1. The molecule has 1 aliphatic heterocycles. The predicted molar refractivity (Wildman–Crippen MR) is 77.2 cm³/mol. The Hall–Kier alpha value is -1.95. The van der Waals surface area contributed by atoms with E-state index in [0.717, 1.165) is 28.8 Å². The third-order valence-electron chi connectivity index (χ3n) is 3.84. The summed E-state index contributed by atoms with van der Waals surface area (Å²) in [7, 11) is 0. The summed E-state index contributed by atoms with van der Waals surface area (Å²) in [6.45, 7) is 0.0279. The lowest BCUT2D eigenvalue weighted by Gasteiger charge is -2.14. The van der Waals surface area contributed by atoms with Gasteiger partial charge in [-0.15, -0.1) is 11.3 Å². The minimum atomic E-state index is -0.195. The summed E-state index contributed by atoms with van der Waals surface area (Å²) >= 11 is 1.36. The summed E-state index contributed by atoms with van der Waals surface area (Å²) < 4.78 is 0. The van der Waals surface area contributed by atoms with Crippen molar-refractivity contribution >= 4 is 39.1 Å². The fraction of sp³-hybridized carbons (Fsp3) is 0.357. The van der Waals surface area contributed by atoms with Crippen LogP contribution in [-0.4, -0.2) is 23.3 Å². The molecule has 0 saturated heterocycles. The number of amides is 2. The quantitative estimate of drug-likeness (QED) is 0.777. The van der Waals surface area contributed by atoms with Crippen LogP contribution >= 0.6 is 11.3 Å². The van der Waals surface area contributed by atoms with E-state index < -0.39 is 0 Å². The number of nitrogens with zero attached hydrogens (tertiary/aromatic N) is 1. The largest absolute Gasteiger partial charge is 0.342 e. The van der Waals surface area contributed by atoms with Gasteiger partial charge >= 0.3 is 0 Å². The first-order chi connectivity index (χ1) is 9.72. The number of aryl methyl sites for hydroxylation is 2. The first kappa shape index (κ1) is 11.8. The molecule has 0 saturated carbocycles. The van der Waals surface area contributed by atoms with Gasteiger partial charge in [-0.25, -0.2) is 4.98 Å². The van der Waals surface area contributed by atoms with Crippen LogP contribution in [0.2, 0.25) is 0 Å². The van der Waals surface area contributed by atoms with Crippen LogP contribution in [0.4, 0.5) is 5.69 Å². The van der Waals surface area contributed by atoms with Crippen molar-refractivity contribution in [3.63, 3.8) is 0 Å². The second kappa shape index (κ2) is 4.28. The van der Waals surface area contributed by atoms with Gasteiger partial charge in [-0.3, -0.25) is 9.59 Å². The highest BCUT2D eigenvalue weighted by molar-refractivity contribution is 7.21. The zero-order chi connectivity index (χ0) is 13.7. The van der Waals surface area contributed by atoms with E-state index in [-0.39, 0.29) is 18.4 Å². The maximum Gasteiger partial charge on any atom is 0.264 e. The van der Waals surface area contributed by atoms with Gasteiger partial charge in [0.25, 0.3) is 5.91 Å². The molecular weight excluding hydrogens is 274 g/mol. The van der Waals surface area contributed by atoms with Crippen LogP contribution in [0.25, 0.3) is 10.2 Å². The van der Waals surface area contributed by atoms with Gasteiger partial charge in [0.2, 0.25) is 5.91 Å². The fourth-order valence-corrected chi connectivity index (χ4v) is 3.90. The van der Waals surface area contributed by atoms with Crippen LogP contribution in [0.1, 0.15) is 33.8 Å². The third-order valence-corrected chi connectivity index (χ3v) is 4.94. The van der Waals surface area contributed by atoms with Crippen LogP contribution < -0.4 is 10.6 Å². The van der Waals surface area contributed by atoms with Crippen molar-refractivity contribution in [2.45, 2.75) is 25.7 Å². The number of hydrogen-bond donors (Lipinski definition) is 2. The number of pyridine rings is 1. The SMILES string of the molecule is O=C1CNC(=O)c2sc3nc4c(cc3c2N1)CCCC4. The third kappa shape index (κ3) is 1.71. The van der Waals surface area contributed by atoms with Crippen molar-refractivity contribution in [2.24, 2.45) is 0 Å². The monoisotopic (exact) mass is 287 g/mol. The molecule has 20 heavy (non-hydrogen) atoms. The molecule has 0 aromatic carbocycles. The van der Waals surface area contributed by atoms with E-state index in [0.29, 0.717) is 10.6 Å². The number of hydrogen-bond acceptors (Lipinski definition) is 4. The number of anilines is 1. The molecule has 0 fully saturated rings. The zero-order valence-corrected chi connectivity index (χ0v) is 11.6. The van der Waals surface area contributed by atoms with Crippen molar-refractivity contribution in [1.82, 2.24) is 10.3 Å². The molecule has 0 bridgehead atoms. The molecule has 1 aliphatic carbocycles. The van der Waals surface area contributed by atoms with E-state index in [1.165, 1.54) is 29.7 Å². The fourth-order valence-electron chi connectivity index (χ4n) is 2.85. The van der Waals surface area contributed by atoms with E-state index >= 15 is 0 Å². The number of carbonyl (C=O) groups is 2. The van der Waals surface area contributed by atoms with Gasteiger partial charge in [0.05, 0.1) is 12.2 Å². The van der Waals surface area contributed by atoms with Crippen LogP contribution in [0.5, 0.6) is 0 Å². The maximum atomic E-state index is 12.0. The molecular formula is C14H13N3O2S. The highest BCUT2D eigenvalue weighted by atomic mass is 32.1. The standard InChI is InChI=1S/C14H13N3O2S/c18-10-6-15-13(19)12-11(17-10)8-5-7-3-1-2-4-9(7)16-14(8)20-12/h5H,1-4,6H2,(H,15,19)(H,17,18). The Kier molecular flexibility index (Phi) is 2.53. The Labute approximate surface area is 119 Å². The Morgan fingerprint density at radius 2 is 2.05 bits per heavy atom. The molecule has 2 aromatic rings. The molecule has 0 atom stereocenters. The second-order valence-electron chi connectivity index (χ2n) is 5.19. The first-order valence-electron chi connectivity index (χ1n) is 6.76. The van der Waals surface area contributed by atoms with Crippen molar-refractivity contribution < 1.29 is 9.59 Å². The van der Waals surface area contributed by atoms with Gasteiger partial charge in [-0.05, 0) is 37.3 Å². The smallest absolute Gasteiger partial charge is 0.264 e. The molecule has 2 N–H and O–H groups in total. The van der Waals surface area contributed by atoms with Crippen molar-refractivity contribution in [2.75, 3.05) is 11.9 Å². The molecule has 0 radical (unpaired) electrons. The number of nitrogens with one attached hydrogen (secondary N) is 2. The predicted octanol–water partition coefficient (Wildman–Crippen LogP) is 1.86. The Morgan fingerprint density at radius 3 is 2.95 bits per heavy atom. The normalized spacial score (nSPS) is 18.0. The topological polar surface area (TPSA) is 71.1 Å². The van der Waals surface area contributed by atoms with E-state index in [1.54, 1.807) is 0 Å². The summed E-state index contributed by atoms with van der Waals surface area (Å²) in [5.41, 5.74) is 3.03. The molecule has 102 valence electrons. The van der Waals surface area contributed by atoms with Crippen LogP contribution in [0.3, 0.4) is 0 Å². The first-order valence-corrected chi connectivity index (χ1v) is 7.57. The van der Waals surface area contributed by atoms with Crippen LogP contribution in [0, 0.1) is 0 Å². The van der Waals surface area contributed by atoms with Crippen LogP contribution in [-0.2, 0) is 17.6 Å². The minimum Gasteiger partial charge on any atom is -0.342 e. The van der Waals surface area contributed by atoms with E-state index in [2.05, 4.69) is 16.7 Å². The van der Waals surface area contributed by atoms with Gasteiger partial charge in [0.1, 0.15) is 9.71 Å². The number of fused-ring (bicyclic) bond motifs is 4. The van der Waals surface area contributed by atoms with Gasteiger partial charge in [-0.1, -0.05) is 0 Å². The average Bonchev–Trinajstić information content (AvgIpc) is 2.73. The highest BCUT2D eigenvalue weighted by Gasteiger charge is 2.25. The summed E-state index contributed by atoms with van der Waals surface area (Å²) in [4.78, 5) is 29.8. The molecule has 0 unspecified atom stereocenters. The summed E-state index contributed by atoms with van der Waals surface area (Å²) in [6, 6.07) is 2.10. The van der Waals surface area contributed by atoms with Gasteiger partial charge in [0, 0.05) is 11.1 Å². The van der Waals surface area contributed by atoms with Gasteiger partial charge in [0.15, 0.2) is 0 Å². The molecule has 6 heteroatoms. The summed E-state index contributed by atoms with van der Waals surface area (Å²) in [5.74, 6) is -0.381. The number of aromatic nitrogens is 1. The minimum absolute atomic E-state index is 0.0279. The highest BCUT2D eigenvalue weighted by Crippen LogP contribution is 2.37. The Morgan fingerprint density at radius 1 is 1.20 bits per heavy atom. The molecule has 5 nitrogen and oxygen atoms in total. The van der Waals surface area contributed by atoms with E-state index in [4.69, 9.17) is 4.98 Å². The van der Waals surface area contributed by atoms with Crippen LogP contribution in [0.15, 0.2) is 6.07 Å². The molecule has 2 amide bonds. The molecule has 3 heterocycles. The van der Waals surface area contributed by atoms with E-state index in [1.807, 2.05) is 0 Å². The Bertz CT molecular complexity index is 750. The lowest BCUT2D eigenvalue weighted by atomic mass is 9.95. The zero-order valence-electron chi connectivity index (χ0n) is 10.8. The maximum absolute atomic E-state index is 12.0. The van der Waals surface area contributed by atoms with Crippen molar-refractivity contribution in [1.29, 1.82) is 0 Å². The summed E-state index contributed by atoms with van der Waals surface area (Å²) in [5, 5.41) is 6.34. The van der Waals surface area contributed by atoms with Crippen molar-refractivity contribution in [3.8, 4) is 0 Å². The molecule has 0 spiro atoms. The number of carbonyl (C=O) groups excluding carboxylic acids is 2. The van der Waals surface area contributed by atoms with Crippen molar-refractivity contribution in [3.05, 3.63) is 22.2 Å². The molecule has 4 rings (SSSR count). The molecule has 2 aromatic heterocycles. The van der Waals surface area contributed by atoms with E-state index in [9.17, 15) is 9.59 Å². The second-order valence-corrected chi connectivity index (χ2v) is 6.19. The van der Waals surface area contributed by atoms with Gasteiger partial charge < -0.3 is 10.6 Å². The Balaban J connectivity index is 1.97. The lowest BCUT2D eigenvalue weighted by molar-refractivity contribution is -0.115. The lowest BCUT2D eigenvalue weighted by Crippen LogP contribution is -2.28. The number of rotatable bonds is 0. The molecule has 2 aliphatic rings. The van der Waals surface area contributed by atoms with Gasteiger partial charge in [-0.2, -0.15) is 0 Å².